The number of nitrogens with zero attached hydrogens (tertiary/aromatic N) is 1. The molecule has 1 amide bonds. The average molecular weight is 187 g/mol. The predicted octanol–water partition coefficient (Wildman–Crippen LogP) is 0.808. The molecule has 0 fully saturated rings. The molecule has 0 atom stereocenters. The van der Waals surface area contributed by atoms with Crippen molar-refractivity contribution in [1.29, 1.82) is 0 Å². The number of amides is 1. The maximum Gasteiger partial charge on any atom is 0.307 e. The summed E-state index contributed by atoms with van der Waals surface area (Å²) in [6, 6.07) is 0. The van der Waals surface area contributed by atoms with Gasteiger partial charge in [0, 0.05) is 19.5 Å². The van der Waals surface area contributed by atoms with Crippen LogP contribution in [0.2, 0.25) is 0 Å². The average Bonchev–Trinajstić information content (AvgIpc) is 2.17. The van der Waals surface area contributed by atoms with Crippen LogP contribution in [0.1, 0.15) is 26.7 Å². The molecule has 4 nitrogen and oxygen atoms in total. The smallest absolute Gasteiger partial charge is 0.307 e. The van der Waals surface area contributed by atoms with Gasteiger partial charge in [0.1, 0.15) is 0 Å². The molecular weight excluding hydrogens is 170 g/mol. The highest BCUT2D eigenvalue weighted by atomic mass is 16.5. The van der Waals surface area contributed by atoms with Crippen molar-refractivity contribution in [1.82, 2.24) is 4.90 Å². The first-order valence-corrected chi connectivity index (χ1v) is 4.50. The second-order valence-corrected chi connectivity index (χ2v) is 2.65. The second kappa shape index (κ2) is 6.46. The van der Waals surface area contributed by atoms with Crippen molar-refractivity contribution in [2.45, 2.75) is 26.7 Å². The Morgan fingerprint density at radius 1 is 1.31 bits per heavy atom. The molecule has 0 aromatic rings. The molecule has 0 aliphatic rings. The van der Waals surface area contributed by atoms with Crippen LogP contribution in [0.3, 0.4) is 0 Å². The minimum Gasteiger partial charge on any atom is -0.469 e. The minimum atomic E-state index is -0.276. The summed E-state index contributed by atoms with van der Waals surface area (Å²) in [7, 11) is 1.35. The SMILES string of the molecule is CCC(=O)N(CC)CCC(=O)OC. The van der Waals surface area contributed by atoms with Gasteiger partial charge in [-0.3, -0.25) is 9.59 Å². The molecule has 0 saturated carbocycles. The zero-order chi connectivity index (χ0) is 10.3. The third-order valence-electron chi connectivity index (χ3n) is 1.85. The first-order valence-electron chi connectivity index (χ1n) is 4.50. The fraction of sp³-hybridized carbons (Fsp3) is 0.778. The van der Waals surface area contributed by atoms with Gasteiger partial charge < -0.3 is 9.64 Å². The lowest BCUT2D eigenvalue weighted by atomic mass is 10.3. The van der Waals surface area contributed by atoms with Gasteiger partial charge >= 0.3 is 5.97 Å². The van der Waals surface area contributed by atoms with Crippen LogP contribution >= 0.6 is 0 Å². The zero-order valence-corrected chi connectivity index (χ0v) is 8.50. The highest BCUT2D eigenvalue weighted by molar-refractivity contribution is 5.76. The summed E-state index contributed by atoms with van der Waals surface area (Å²) in [6.45, 7) is 4.80. The third kappa shape index (κ3) is 4.50. The lowest BCUT2D eigenvalue weighted by Crippen LogP contribution is -2.32. The van der Waals surface area contributed by atoms with Gasteiger partial charge in [-0.15, -0.1) is 0 Å². The summed E-state index contributed by atoms with van der Waals surface area (Å²) in [6.07, 6.45) is 0.755. The number of hydrogen-bond donors (Lipinski definition) is 0. The number of ether oxygens (including phenoxy) is 1. The van der Waals surface area contributed by atoms with Crippen molar-refractivity contribution < 1.29 is 14.3 Å². The maximum atomic E-state index is 11.2. The molecule has 76 valence electrons. The number of rotatable bonds is 5. The van der Waals surface area contributed by atoms with E-state index < -0.39 is 0 Å². The molecule has 0 bridgehead atoms. The van der Waals surface area contributed by atoms with Gasteiger partial charge in [-0.05, 0) is 6.92 Å². The molecular formula is C9H17NO3. The highest BCUT2D eigenvalue weighted by Gasteiger charge is 2.10. The van der Waals surface area contributed by atoms with Crippen LogP contribution < -0.4 is 0 Å². The zero-order valence-electron chi connectivity index (χ0n) is 8.50. The monoisotopic (exact) mass is 187 g/mol. The van der Waals surface area contributed by atoms with E-state index in [0.29, 0.717) is 19.5 Å². The van der Waals surface area contributed by atoms with E-state index in [-0.39, 0.29) is 18.3 Å². The van der Waals surface area contributed by atoms with E-state index >= 15 is 0 Å². The minimum absolute atomic E-state index is 0.0754. The summed E-state index contributed by atoms with van der Waals surface area (Å²) < 4.78 is 4.48. The van der Waals surface area contributed by atoms with Crippen molar-refractivity contribution >= 4 is 11.9 Å². The highest BCUT2D eigenvalue weighted by Crippen LogP contribution is 1.96. The third-order valence-corrected chi connectivity index (χ3v) is 1.85. The van der Waals surface area contributed by atoms with Crippen LogP contribution in [-0.4, -0.2) is 37.0 Å². The number of carbonyl (C=O) groups is 2. The van der Waals surface area contributed by atoms with Crippen LogP contribution in [-0.2, 0) is 14.3 Å². The van der Waals surface area contributed by atoms with E-state index in [1.165, 1.54) is 7.11 Å². The first kappa shape index (κ1) is 11.9. The van der Waals surface area contributed by atoms with Crippen LogP contribution in [0.4, 0.5) is 0 Å². The molecule has 0 unspecified atom stereocenters. The molecule has 0 spiro atoms. The van der Waals surface area contributed by atoms with Gasteiger partial charge in [0.05, 0.1) is 13.5 Å². The van der Waals surface area contributed by atoms with Crippen LogP contribution in [0.5, 0.6) is 0 Å². The molecule has 0 heterocycles. The van der Waals surface area contributed by atoms with Crippen LogP contribution in [0.15, 0.2) is 0 Å². The number of carbonyl (C=O) groups excluding carboxylic acids is 2. The van der Waals surface area contributed by atoms with E-state index in [1.54, 1.807) is 4.90 Å². The predicted molar refractivity (Wildman–Crippen MR) is 49.2 cm³/mol. The molecule has 0 aliphatic carbocycles. The van der Waals surface area contributed by atoms with Crippen molar-refractivity contribution in [3.05, 3.63) is 0 Å². The number of hydrogen-bond acceptors (Lipinski definition) is 3. The fourth-order valence-electron chi connectivity index (χ4n) is 1.01. The Morgan fingerprint density at radius 2 is 1.92 bits per heavy atom. The molecule has 0 rings (SSSR count). The molecule has 0 saturated heterocycles. The van der Waals surface area contributed by atoms with E-state index in [0.717, 1.165) is 0 Å². The normalized spacial score (nSPS) is 9.46. The van der Waals surface area contributed by atoms with E-state index in [4.69, 9.17) is 0 Å². The standard InChI is InChI=1S/C9H17NO3/c1-4-8(11)10(5-2)7-6-9(12)13-3/h4-7H2,1-3H3. The van der Waals surface area contributed by atoms with Gasteiger partial charge in [0.15, 0.2) is 0 Å². The van der Waals surface area contributed by atoms with Crippen molar-refractivity contribution in [3.8, 4) is 0 Å². The Morgan fingerprint density at radius 3 is 2.31 bits per heavy atom. The lowest BCUT2D eigenvalue weighted by molar-refractivity contribution is -0.141. The topological polar surface area (TPSA) is 46.6 Å². The lowest BCUT2D eigenvalue weighted by Gasteiger charge is -2.19. The Balaban J connectivity index is 3.85. The number of esters is 1. The Kier molecular flexibility index (Phi) is 5.93. The van der Waals surface area contributed by atoms with E-state index in [2.05, 4.69) is 4.74 Å². The molecule has 4 heteroatoms. The molecule has 0 radical (unpaired) electrons. The Labute approximate surface area is 78.9 Å². The largest absolute Gasteiger partial charge is 0.469 e. The summed E-state index contributed by atoms with van der Waals surface area (Å²) in [4.78, 5) is 23.7. The van der Waals surface area contributed by atoms with Crippen molar-refractivity contribution in [2.75, 3.05) is 20.2 Å². The Bertz CT molecular complexity index is 180. The first-order chi connectivity index (χ1) is 6.15. The van der Waals surface area contributed by atoms with Crippen LogP contribution in [0.25, 0.3) is 0 Å². The quantitative estimate of drug-likeness (QED) is 0.598. The summed E-state index contributed by atoms with van der Waals surface area (Å²) in [5.74, 6) is -0.200. The summed E-state index contributed by atoms with van der Waals surface area (Å²) in [5, 5.41) is 0. The Hall–Kier alpha value is -1.06. The van der Waals surface area contributed by atoms with Gasteiger partial charge in [0.25, 0.3) is 0 Å². The molecule has 0 aromatic carbocycles. The van der Waals surface area contributed by atoms with Gasteiger partial charge in [-0.2, -0.15) is 0 Å². The van der Waals surface area contributed by atoms with Gasteiger partial charge in [-0.1, -0.05) is 6.92 Å². The fourth-order valence-corrected chi connectivity index (χ4v) is 1.01. The van der Waals surface area contributed by atoms with E-state index in [1.807, 2.05) is 13.8 Å². The van der Waals surface area contributed by atoms with Gasteiger partial charge in [0.2, 0.25) is 5.91 Å². The molecule has 0 N–H and O–H groups in total. The second-order valence-electron chi connectivity index (χ2n) is 2.65. The molecule has 0 aromatic heterocycles. The van der Waals surface area contributed by atoms with Crippen molar-refractivity contribution in [3.63, 3.8) is 0 Å². The van der Waals surface area contributed by atoms with Gasteiger partial charge in [-0.25, -0.2) is 0 Å². The number of methoxy groups -OCH3 is 1. The van der Waals surface area contributed by atoms with E-state index in [9.17, 15) is 9.59 Å². The van der Waals surface area contributed by atoms with Crippen LogP contribution in [0, 0.1) is 0 Å². The van der Waals surface area contributed by atoms with Crippen molar-refractivity contribution in [2.24, 2.45) is 0 Å². The molecule has 0 aliphatic heterocycles. The maximum absolute atomic E-state index is 11.2. The molecule has 13 heavy (non-hydrogen) atoms. The summed E-state index contributed by atoms with van der Waals surface area (Å²) in [5.41, 5.74) is 0. The summed E-state index contributed by atoms with van der Waals surface area (Å²) >= 11 is 0.